The van der Waals surface area contributed by atoms with E-state index in [1.165, 1.54) is 0 Å². The maximum absolute atomic E-state index is 12.1. The van der Waals surface area contributed by atoms with Gasteiger partial charge in [0.25, 0.3) is 5.91 Å². The Morgan fingerprint density at radius 3 is 2.40 bits per heavy atom. The van der Waals surface area contributed by atoms with Crippen molar-refractivity contribution in [2.45, 2.75) is 39.2 Å². The first-order chi connectivity index (χ1) is 9.43. The van der Waals surface area contributed by atoms with Gasteiger partial charge in [-0.3, -0.25) is 9.59 Å². The summed E-state index contributed by atoms with van der Waals surface area (Å²) >= 11 is 0. The first kappa shape index (κ1) is 15.7. The largest absolute Gasteiger partial charge is 0.368 e. The molecule has 0 fully saturated rings. The minimum atomic E-state index is -0.739. The fraction of sp³-hybridized carbons (Fsp3) is 0.400. The van der Waals surface area contributed by atoms with Crippen molar-refractivity contribution in [3.8, 4) is 6.07 Å². The number of carbonyl (C=O) groups excluding carboxylic acids is 2. The summed E-state index contributed by atoms with van der Waals surface area (Å²) in [5.41, 5.74) is 7.74. The predicted octanol–water partition coefficient (Wildman–Crippen LogP) is 1.58. The highest BCUT2D eigenvalue weighted by Crippen LogP contribution is 2.10. The topological polar surface area (TPSA) is 96.0 Å². The zero-order chi connectivity index (χ0) is 15.1. The number of benzene rings is 1. The summed E-state index contributed by atoms with van der Waals surface area (Å²) in [5.74, 6) is -0.904. The highest BCUT2D eigenvalue weighted by molar-refractivity contribution is 5.97. The second-order valence-corrected chi connectivity index (χ2v) is 4.86. The van der Waals surface area contributed by atoms with E-state index in [0.29, 0.717) is 24.8 Å². The zero-order valence-corrected chi connectivity index (χ0v) is 11.8. The van der Waals surface area contributed by atoms with Crippen molar-refractivity contribution in [3.05, 3.63) is 34.9 Å². The molecule has 5 heteroatoms. The van der Waals surface area contributed by atoms with E-state index < -0.39 is 11.9 Å². The maximum Gasteiger partial charge on any atom is 0.251 e. The third kappa shape index (κ3) is 4.73. The molecule has 1 aromatic carbocycles. The lowest BCUT2D eigenvalue weighted by molar-refractivity contribution is -0.120. The van der Waals surface area contributed by atoms with Crippen LogP contribution < -0.4 is 11.1 Å². The van der Waals surface area contributed by atoms with E-state index in [-0.39, 0.29) is 5.91 Å². The van der Waals surface area contributed by atoms with Gasteiger partial charge in [0.2, 0.25) is 5.91 Å². The fourth-order valence-electron chi connectivity index (χ4n) is 2.02. The van der Waals surface area contributed by atoms with Gasteiger partial charge in [-0.25, -0.2) is 0 Å². The lowest BCUT2D eigenvalue weighted by Gasteiger charge is -2.15. The van der Waals surface area contributed by atoms with Gasteiger partial charge < -0.3 is 11.1 Å². The van der Waals surface area contributed by atoms with E-state index in [0.717, 1.165) is 11.1 Å². The monoisotopic (exact) mass is 273 g/mol. The van der Waals surface area contributed by atoms with Crippen molar-refractivity contribution < 1.29 is 9.59 Å². The van der Waals surface area contributed by atoms with Gasteiger partial charge in [-0.05, 0) is 38.8 Å². The average molecular weight is 273 g/mol. The van der Waals surface area contributed by atoms with Crippen molar-refractivity contribution in [2.75, 3.05) is 0 Å². The summed E-state index contributed by atoms with van der Waals surface area (Å²) in [5, 5.41) is 11.1. The molecule has 1 rings (SSSR count). The Labute approximate surface area is 118 Å². The maximum atomic E-state index is 12.1. The van der Waals surface area contributed by atoms with Gasteiger partial charge in [0.15, 0.2) is 0 Å². The molecule has 0 saturated heterocycles. The molecule has 0 aromatic heterocycles. The van der Waals surface area contributed by atoms with Gasteiger partial charge in [-0.15, -0.1) is 0 Å². The number of rotatable bonds is 6. The van der Waals surface area contributed by atoms with E-state index in [1.807, 2.05) is 26.0 Å². The minimum absolute atomic E-state index is 0.322. The molecule has 1 atom stereocenters. The van der Waals surface area contributed by atoms with Crippen molar-refractivity contribution in [1.82, 2.24) is 5.32 Å². The normalized spacial score (nSPS) is 11.4. The van der Waals surface area contributed by atoms with Crippen LogP contribution in [0.25, 0.3) is 0 Å². The van der Waals surface area contributed by atoms with Crippen LogP contribution >= 0.6 is 0 Å². The molecule has 0 saturated carbocycles. The summed E-state index contributed by atoms with van der Waals surface area (Å²) in [4.78, 5) is 23.4. The number of nitriles is 1. The summed E-state index contributed by atoms with van der Waals surface area (Å²) < 4.78 is 0. The van der Waals surface area contributed by atoms with Crippen molar-refractivity contribution in [1.29, 1.82) is 5.26 Å². The van der Waals surface area contributed by atoms with Crippen LogP contribution in [0.2, 0.25) is 0 Å². The number of unbranched alkanes of at least 4 members (excludes halogenated alkanes) is 1. The number of nitrogens with one attached hydrogen (secondary N) is 1. The number of nitrogens with zero attached hydrogens (tertiary/aromatic N) is 1. The molecule has 20 heavy (non-hydrogen) atoms. The van der Waals surface area contributed by atoms with E-state index in [9.17, 15) is 9.59 Å². The number of aryl methyl sites for hydroxylation is 2. The van der Waals surface area contributed by atoms with Gasteiger partial charge in [0.1, 0.15) is 6.04 Å². The number of hydrogen-bond donors (Lipinski definition) is 2. The predicted molar refractivity (Wildman–Crippen MR) is 75.8 cm³/mol. The molecular formula is C15H19N3O2. The van der Waals surface area contributed by atoms with E-state index in [2.05, 4.69) is 5.32 Å². The van der Waals surface area contributed by atoms with Crippen LogP contribution in [0.5, 0.6) is 0 Å². The second kappa shape index (κ2) is 7.29. The van der Waals surface area contributed by atoms with E-state index in [4.69, 9.17) is 11.0 Å². The number of carbonyl (C=O) groups is 2. The van der Waals surface area contributed by atoms with Crippen LogP contribution in [-0.2, 0) is 4.79 Å². The third-order valence-electron chi connectivity index (χ3n) is 2.91. The van der Waals surface area contributed by atoms with Crippen molar-refractivity contribution >= 4 is 11.8 Å². The average Bonchev–Trinajstić information content (AvgIpc) is 2.36. The van der Waals surface area contributed by atoms with Gasteiger partial charge in [-0.1, -0.05) is 17.2 Å². The Balaban J connectivity index is 2.75. The van der Waals surface area contributed by atoms with Gasteiger partial charge >= 0.3 is 0 Å². The third-order valence-corrected chi connectivity index (χ3v) is 2.91. The summed E-state index contributed by atoms with van der Waals surface area (Å²) in [6, 6.07) is 6.74. The summed E-state index contributed by atoms with van der Waals surface area (Å²) in [6.45, 7) is 3.81. The molecule has 2 amide bonds. The van der Waals surface area contributed by atoms with Crippen LogP contribution in [0, 0.1) is 25.2 Å². The highest BCUT2D eigenvalue weighted by atomic mass is 16.2. The van der Waals surface area contributed by atoms with Crippen LogP contribution in [0.4, 0.5) is 0 Å². The number of hydrogen-bond acceptors (Lipinski definition) is 3. The highest BCUT2D eigenvalue weighted by Gasteiger charge is 2.18. The molecule has 0 heterocycles. The number of nitrogens with two attached hydrogens (primary N) is 1. The molecule has 0 aliphatic heterocycles. The quantitative estimate of drug-likeness (QED) is 0.770. The lowest BCUT2D eigenvalue weighted by Crippen LogP contribution is -2.44. The van der Waals surface area contributed by atoms with Crippen LogP contribution in [0.1, 0.15) is 40.7 Å². The van der Waals surface area contributed by atoms with Crippen LogP contribution in [0.3, 0.4) is 0 Å². The van der Waals surface area contributed by atoms with Crippen molar-refractivity contribution in [3.63, 3.8) is 0 Å². The van der Waals surface area contributed by atoms with Gasteiger partial charge in [0.05, 0.1) is 6.07 Å². The molecule has 0 aliphatic rings. The minimum Gasteiger partial charge on any atom is -0.368 e. The molecule has 106 valence electrons. The van der Waals surface area contributed by atoms with E-state index in [1.54, 1.807) is 12.1 Å². The Morgan fingerprint density at radius 2 is 1.90 bits per heavy atom. The molecule has 1 aromatic rings. The molecule has 5 nitrogen and oxygen atoms in total. The molecule has 0 radical (unpaired) electrons. The Kier molecular flexibility index (Phi) is 5.73. The smallest absolute Gasteiger partial charge is 0.251 e. The molecule has 0 bridgehead atoms. The second-order valence-electron chi connectivity index (χ2n) is 4.86. The van der Waals surface area contributed by atoms with Crippen LogP contribution in [0.15, 0.2) is 18.2 Å². The van der Waals surface area contributed by atoms with Crippen LogP contribution in [-0.4, -0.2) is 17.9 Å². The lowest BCUT2D eigenvalue weighted by atomic mass is 10.1. The number of amides is 2. The Hall–Kier alpha value is -2.35. The molecular weight excluding hydrogens is 254 g/mol. The molecule has 0 spiro atoms. The Morgan fingerprint density at radius 1 is 1.30 bits per heavy atom. The molecule has 0 unspecified atom stereocenters. The number of primary amides is 1. The summed E-state index contributed by atoms with van der Waals surface area (Å²) in [6.07, 6.45) is 1.24. The zero-order valence-electron chi connectivity index (χ0n) is 11.8. The van der Waals surface area contributed by atoms with E-state index >= 15 is 0 Å². The molecule has 0 aliphatic carbocycles. The molecule has 3 N–H and O–H groups in total. The SMILES string of the molecule is Cc1cc(C)cc(C(=O)N[C@@H](CCCC#N)C(N)=O)c1. The first-order valence-corrected chi connectivity index (χ1v) is 6.49. The fourth-order valence-corrected chi connectivity index (χ4v) is 2.02. The Bertz CT molecular complexity index is 526. The van der Waals surface area contributed by atoms with Crippen molar-refractivity contribution in [2.24, 2.45) is 5.73 Å². The van der Waals surface area contributed by atoms with Gasteiger partial charge in [0, 0.05) is 12.0 Å². The summed E-state index contributed by atoms with van der Waals surface area (Å²) in [7, 11) is 0. The first-order valence-electron chi connectivity index (χ1n) is 6.49. The van der Waals surface area contributed by atoms with Gasteiger partial charge in [-0.2, -0.15) is 5.26 Å². The standard InChI is InChI=1S/C15H19N3O2/c1-10-7-11(2)9-12(8-10)15(20)18-13(14(17)19)5-3-4-6-16/h7-9,13H,3-5H2,1-2H3,(H2,17,19)(H,18,20)/t13-/m0/s1.